The number of pyridine rings is 1. The largest absolute Gasteiger partial charge is 0.433 e. The summed E-state index contributed by atoms with van der Waals surface area (Å²) in [6.45, 7) is 0. The summed E-state index contributed by atoms with van der Waals surface area (Å²) in [5, 5.41) is 7.68. The van der Waals surface area contributed by atoms with Gasteiger partial charge in [-0.15, -0.1) is 5.10 Å². The number of rotatable bonds is 3. The number of ether oxygens (including phenoxy) is 1. The minimum absolute atomic E-state index is 0.381. The van der Waals surface area contributed by atoms with Crippen molar-refractivity contribution in [3.05, 3.63) is 54.5 Å². The maximum absolute atomic E-state index is 12.1. The van der Waals surface area contributed by atoms with Gasteiger partial charge in [-0.05, 0) is 41.8 Å². The Labute approximate surface area is 153 Å². The quantitative estimate of drug-likeness (QED) is 0.745. The number of aromatic nitrogens is 4. The molecule has 2 amide bonds. The van der Waals surface area contributed by atoms with Gasteiger partial charge in [0.05, 0.1) is 24.1 Å². The molecule has 2 aliphatic heterocycles. The molecule has 9 nitrogen and oxygen atoms in total. The van der Waals surface area contributed by atoms with Crippen molar-refractivity contribution in [3.63, 3.8) is 0 Å². The van der Waals surface area contributed by atoms with E-state index in [0.29, 0.717) is 12.2 Å². The Kier molecular flexibility index (Phi) is 3.23. The third kappa shape index (κ3) is 2.35. The zero-order valence-electron chi connectivity index (χ0n) is 14.0. The van der Waals surface area contributed by atoms with Gasteiger partial charge in [-0.3, -0.25) is 9.69 Å². The number of hydrogen-bond acceptors (Lipinski definition) is 6. The van der Waals surface area contributed by atoms with Crippen molar-refractivity contribution in [1.82, 2.24) is 20.0 Å². The molecule has 0 radical (unpaired) electrons. The maximum Gasteiger partial charge on any atom is 0.415 e. The van der Waals surface area contributed by atoms with Crippen molar-refractivity contribution >= 4 is 17.7 Å². The van der Waals surface area contributed by atoms with Gasteiger partial charge in [0.25, 0.3) is 5.91 Å². The standard InChI is InChI=1S/C18H14N6O3/c19-17(25)16-14-8-12-7-10(1-3-13(12)24(14)18(26)27-16)11-2-4-15(20-9-11)23-6-5-21-22-23/h1-7,9,14,16H,8H2,(H2,19,25)/t14?,16-/m1/s1. The number of amides is 2. The Balaban J connectivity index is 1.46. The molecule has 1 fully saturated rings. The molecule has 2 aromatic heterocycles. The number of hydrogen-bond donors (Lipinski definition) is 1. The Bertz CT molecular complexity index is 1050. The topological polar surface area (TPSA) is 116 Å². The van der Waals surface area contributed by atoms with Crippen molar-refractivity contribution in [3.8, 4) is 16.9 Å². The Morgan fingerprint density at radius 2 is 2.07 bits per heavy atom. The summed E-state index contributed by atoms with van der Waals surface area (Å²) in [6, 6.07) is 9.20. The minimum Gasteiger partial charge on any atom is -0.433 e. The molecule has 0 aliphatic carbocycles. The summed E-state index contributed by atoms with van der Waals surface area (Å²) in [6.07, 6.45) is 4.14. The van der Waals surface area contributed by atoms with Crippen LogP contribution in [0.3, 0.4) is 0 Å². The van der Waals surface area contributed by atoms with Crippen LogP contribution in [-0.2, 0) is 16.0 Å². The van der Waals surface area contributed by atoms with E-state index < -0.39 is 18.1 Å². The molecule has 0 bridgehead atoms. The van der Waals surface area contributed by atoms with Crippen molar-refractivity contribution in [2.24, 2.45) is 5.73 Å². The first-order valence-corrected chi connectivity index (χ1v) is 8.37. The lowest BCUT2D eigenvalue weighted by Crippen LogP contribution is -2.40. The van der Waals surface area contributed by atoms with Crippen LogP contribution in [0, 0.1) is 0 Å². The van der Waals surface area contributed by atoms with E-state index in [9.17, 15) is 9.59 Å². The predicted molar refractivity (Wildman–Crippen MR) is 94.0 cm³/mol. The molecule has 27 heavy (non-hydrogen) atoms. The first-order chi connectivity index (χ1) is 13.1. The summed E-state index contributed by atoms with van der Waals surface area (Å²) in [7, 11) is 0. The number of nitrogens with two attached hydrogens (primary N) is 1. The number of carbonyl (C=O) groups excluding carboxylic acids is 2. The van der Waals surface area contributed by atoms with Gasteiger partial charge in [0.1, 0.15) is 0 Å². The van der Waals surface area contributed by atoms with Gasteiger partial charge in [0, 0.05) is 11.8 Å². The molecule has 1 saturated heterocycles. The third-order valence-corrected chi connectivity index (χ3v) is 4.89. The second-order valence-electron chi connectivity index (χ2n) is 6.44. The van der Waals surface area contributed by atoms with Gasteiger partial charge in [-0.25, -0.2) is 14.5 Å². The van der Waals surface area contributed by atoms with Crippen LogP contribution >= 0.6 is 0 Å². The van der Waals surface area contributed by atoms with Crippen LogP contribution in [0.1, 0.15) is 5.56 Å². The summed E-state index contributed by atoms with van der Waals surface area (Å²) in [5.74, 6) is 0.0434. The van der Waals surface area contributed by atoms with Gasteiger partial charge in [0.2, 0.25) is 6.10 Å². The van der Waals surface area contributed by atoms with Crippen molar-refractivity contribution in [2.45, 2.75) is 18.6 Å². The average molecular weight is 362 g/mol. The molecular formula is C18H14N6O3. The van der Waals surface area contributed by atoms with Crippen molar-refractivity contribution < 1.29 is 14.3 Å². The average Bonchev–Trinajstić information content (AvgIpc) is 3.38. The summed E-state index contributed by atoms with van der Waals surface area (Å²) in [4.78, 5) is 29.6. The number of anilines is 1. The molecule has 0 saturated carbocycles. The van der Waals surface area contributed by atoms with E-state index in [4.69, 9.17) is 10.5 Å². The first-order valence-electron chi connectivity index (χ1n) is 8.37. The van der Waals surface area contributed by atoms with Gasteiger partial charge in [-0.2, -0.15) is 0 Å². The highest BCUT2D eigenvalue weighted by Gasteiger charge is 2.49. The molecular weight excluding hydrogens is 348 g/mol. The Morgan fingerprint density at radius 1 is 1.22 bits per heavy atom. The number of carbonyl (C=O) groups is 2. The zero-order chi connectivity index (χ0) is 18.5. The minimum atomic E-state index is -0.919. The summed E-state index contributed by atoms with van der Waals surface area (Å²) >= 11 is 0. The second-order valence-corrected chi connectivity index (χ2v) is 6.44. The fourth-order valence-electron chi connectivity index (χ4n) is 3.65. The lowest BCUT2D eigenvalue weighted by atomic mass is 10.0. The molecule has 1 unspecified atom stereocenters. The lowest BCUT2D eigenvalue weighted by Gasteiger charge is -2.14. The van der Waals surface area contributed by atoms with Crippen LogP contribution in [0.5, 0.6) is 0 Å². The van der Waals surface area contributed by atoms with E-state index in [1.54, 1.807) is 23.3 Å². The molecule has 5 rings (SSSR count). The van der Waals surface area contributed by atoms with E-state index >= 15 is 0 Å². The van der Waals surface area contributed by atoms with E-state index in [0.717, 1.165) is 22.4 Å². The lowest BCUT2D eigenvalue weighted by molar-refractivity contribution is -0.125. The smallest absolute Gasteiger partial charge is 0.415 e. The van der Waals surface area contributed by atoms with Crippen LogP contribution in [0.25, 0.3) is 16.9 Å². The Morgan fingerprint density at radius 3 is 2.78 bits per heavy atom. The highest BCUT2D eigenvalue weighted by molar-refractivity contribution is 5.99. The molecule has 2 aliphatic rings. The molecule has 9 heteroatoms. The fraction of sp³-hybridized carbons (Fsp3) is 0.167. The highest BCUT2D eigenvalue weighted by atomic mass is 16.6. The maximum atomic E-state index is 12.1. The number of fused-ring (bicyclic) bond motifs is 3. The van der Waals surface area contributed by atoms with E-state index in [-0.39, 0.29) is 6.04 Å². The molecule has 134 valence electrons. The Hall–Kier alpha value is -3.75. The molecule has 3 aromatic rings. The summed E-state index contributed by atoms with van der Waals surface area (Å²) in [5.41, 5.74) is 8.99. The molecule has 4 heterocycles. The van der Waals surface area contributed by atoms with Crippen LogP contribution in [0.2, 0.25) is 0 Å². The van der Waals surface area contributed by atoms with Crippen molar-refractivity contribution in [2.75, 3.05) is 4.90 Å². The van der Waals surface area contributed by atoms with E-state index in [1.165, 1.54) is 4.90 Å². The summed E-state index contributed by atoms with van der Waals surface area (Å²) < 4.78 is 6.68. The second kappa shape index (κ2) is 5.63. The zero-order valence-corrected chi connectivity index (χ0v) is 14.0. The SMILES string of the molecule is NC(=O)[C@@H]1OC(=O)N2c3ccc(-c4ccc(-n5ccnn5)nc4)cc3CC12. The van der Waals surface area contributed by atoms with Crippen LogP contribution in [-0.4, -0.2) is 44.1 Å². The van der Waals surface area contributed by atoms with Crippen LogP contribution < -0.4 is 10.6 Å². The van der Waals surface area contributed by atoms with Crippen LogP contribution in [0.15, 0.2) is 48.9 Å². The molecule has 1 aromatic carbocycles. The van der Waals surface area contributed by atoms with Gasteiger partial charge in [0.15, 0.2) is 5.82 Å². The number of benzene rings is 1. The number of primary amides is 1. The normalized spacial score (nSPS) is 20.3. The monoisotopic (exact) mass is 362 g/mol. The van der Waals surface area contributed by atoms with Gasteiger partial charge in [-0.1, -0.05) is 11.3 Å². The van der Waals surface area contributed by atoms with Crippen molar-refractivity contribution in [1.29, 1.82) is 0 Å². The molecule has 2 atom stereocenters. The predicted octanol–water partition coefficient (Wildman–Crippen LogP) is 1.06. The van der Waals surface area contributed by atoms with Crippen LogP contribution in [0.4, 0.5) is 10.5 Å². The molecule has 0 spiro atoms. The van der Waals surface area contributed by atoms with Gasteiger partial charge < -0.3 is 10.5 Å². The fourth-order valence-corrected chi connectivity index (χ4v) is 3.65. The first kappa shape index (κ1) is 15.5. The number of nitrogens with zero attached hydrogens (tertiary/aromatic N) is 5. The third-order valence-electron chi connectivity index (χ3n) is 4.89. The molecule has 2 N–H and O–H groups in total. The van der Waals surface area contributed by atoms with Gasteiger partial charge >= 0.3 is 6.09 Å². The highest BCUT2D eigenvalue weighted by Crippen LogP contribution is 2.40. The number of cyclic esters (lactones) is 1. The van der Waals surface area contributed by atoms with E-state index in [1.807, 2.05) is 30.3 Å². The van der Waals surface area contributed by atoms with E-state index in [2.05, 4.69) is 15.3 Å².